The van der Waals surface area contributed by atoms with Crippen LogP contribution < -0.4 is 4.80 Å². The number of carbonyl (C=O) groups is 1. The number of aryl methyl sites for hydroxylation is 1. The van der Waals surface area contributed by atoms with Crippen LogP contribution in [0.1, 0.15) is 12.0 Å². The van der Waals surface area contributed by atoms with E-state index in [0.717, 1.165) is 10.3 Å². The molecule has 0 spiro atoms. The van der Waals surface area contributed by atoms with Crippen molar-refractivity contribution in [1.82, 2.24) is 4.57 Å². The van der Waals surface area contributed by atoms with Gasteiger partial charge >= 0.3 is 0 Å². The van der Waals surface area contributed by atoms with Gasteiger partial charge in [-0.1, -0.05) is 47.7 Å². The van der Waals surface area contributed by atoms with Gasteiger partial charge in [0.05, 0.1) is 16.8 Å². The largest absolute Gasteiger partial charge is 0.383 e. The monoisotopic (exact) mass is 358 g/mol. The Morgan fingerprint density at radius 1 is 1.20 bits per heavy atom. The molecule has 0 unspecified atom stereocenters. The van der Waals surface area contributed by atoms with Gasteiger partial charge in [0.15, 0.2) is 4.80 Å². The number of aromatic nitrogens is 1. The van der Waals surface area contributed by atoms with Crippen LogP contribution in [-0.4, -0.2) is 24.2 Å². The van der Waals surface area contributed by atoms with Crippen LogP contribution in [0.4, 0.5) is 4.39 Å². The Morgan fingerprint density at radius 2 is 2.00 bits per heavy atom. The third-order valence-electron chi connectivity index (χ3n) is 3.86. The van der Waals surface area contributed by atoms with Gasteiger partial charge in [0.25, 0.3) is 0 Å². The first kappa shape index (κ1) is 17.5. The maximum atomic E-state index is 14.2. The summed E-state index contributed by atoms with van der Waals surface area (Å²) < 4.78 is 21.8. The van der Waals surface area contributed by atoms with Gasteiger partial charge in [-0.05, 0) is 24.1 Å². The Labute approximate surface area is 149 Å². The van der Waals surface area contributed by atoms with Gasteiger partial charge in [-0.2, -0.15) is 4.99 Å². The molecule has 3 aromatic rings. The van der Waals surface area contributed by atoms with Crippen molar-refractivity contribution in [2.75, 3.05) is 13.7 Å². The summed E-state index contributed by atoms with van der Waals surface area (Å²) in [6.45, 7) is 0.869. The molecule has 0 aliphatic carbocycles. The molecule has 25 heavy (non-hydrogen) atoms. The second-order valence-corrected chi connectivity index (χ2v) is 6.62. The smallest absolute Gasteiger partial charge is 0.248 e. The van der Waals surface area contributed by atoms with Crippen molar-refractivity contribution in [1.29, 1.82) is 0 Å². The summed E-state index contributed by atoms with van der Waals surface area (Å²) in [7, 11) is 1.59. The molecule has 0 atom stereocenters. The molecule has 0 fully saturated rings. The Hall–Kier alpha value is -2.31. The average molecular weight is 358 g/mol. The fourth-order valence-corrected chi connectivity index (χ4v) is 3.71. The number of carbonyl (C=O) groups excluding carboxylic acids is 1. The van der Waals surface area contributed by atoms with Gasteiger partial charge in [0, 0.05) is 20.1 Å². The highest BCUT2D eigenvalue weighted by Crippen LogP contribution is 2.20. The highest BCUT2D eigenvalue weighted by Gasteiger charge is 2.11. The normalized spacial score (nSPS) is 12.0. The molecule has 4 nitrogen and oxygen atoms in total. The molecule has 1 amide bonds. The van der Waals surface area contributed by atoms with Crippen molar-refractivity contribution >= 4 is 27.5 Å². The summed E-state index contributed by atoms with van der Waals surface area (Å²) in [6.07, 6.45) is 0.964. The molecule has 0 saturated heterocycles. The summed E-state index contributed by atoms with van der Waals surface area (Å²) in [5, 5.41) is 0. The molecular weight excluding hydrogens is 339 g/mol. The van der Waals surface area contributed by atoms with E-state index < -0.39 is 0 Å². The molecular formula is C19H19FN2O2S. The van der Waals surface area contributed by atoms with Gasteiger partial charge in [0.1, 0.15) is 5.82 Å². The number of hydrogen-bond donors (Lipinski definition) is 0. The fourth-order valence-electron chi connectivity index (χ4n) is 2.62. The van der Waals surface area contributed by atoms with Gasteiger partial charge in [0.2, 0.25) is 5.91 Å². The van der Waals surface area contributed by atoms with Crippen LogP contribution in [0.5, 0.6) is 0 Å². The van der Waals surface area contributed by atoms with Gasteiger partial charge in [-0.15, -0.1) is 0 Å². The molecule has 0 radical (unpaired) electrons. The number of benzene rings is 2. The Morgan fingerprint density at radius 3 is 2.76 bits per heavy atom. The molecule has 0 saturated carbocycles. The predicted molar refractivity (Wildman–Crippen MR) is 97.0 cm³/mol. The molecule has 2 aromatic carbocycles. The van der Waals surface area contributed by atoms with E-state index in [1.54, 1.807) is 17.7 Å². The number of fused-ring (bicyclic) bond motifs is 1. The lowest BCUT2D eigenvalue weighted by Crippen LogP contribution is -2.20. The van der Waals surface area contributed by atoms with Crippen LogP contribution in [0, 0.1) is 5.82 Å². The molecule has 1 aromatic heterocycles. The molecule has 0 N–H and O–H groups in total. The van der Waals surface area contributed by atoms with Crippen molar-refractivity contribution in [2.24, 2.45) is 4.99 Å². The number of amides is 1. The summed E-state index contributed by atoms with van der Waals surface area (Å²) >= 11 is 1.32. The van der Waals surface area contributed by atoms with Crippen LogP contribution in [-0.2, 0) is 22.5 Å². The van der Waals surface area contributed by atoms with E-state index in [1.165, 1.54) is 17.4 Å². The molecule has 0 aliphatic rings. The van der Waals surface area contributed by atoms with Crippen molar-refractivity contribution < 1.29 is 13.9 Å². The number of halogens is 1. The third kappa shape index (κ3) is 4.21. The summed E-state index contributed by atoms with van der Waals surface area (Å²) in [5.74, 6) is -0.523. The predicted octanol–water partition coefficient (Wildman–Crippen LogP) is 3.55. The molecule has 0 bridgehead atoms. The van der Waals surface area contributed by atoms with Crippen LogP contribution >= 0.6 is 11.3 Å². The van der Waals surface area contributed by atoms with Crippen LogP contribution in [0.3, 0.4) is 0 Å². The van der Waals surface area contributed by atoms with Crippen LogP contribution in [0.15, 0.2) is 53.5 Å². The SMILES string of the molecule is COCCn1c(=NC(=O)CCc2ccccc2)sc2cccc(F)c21. The molecule has 130 valence electrons. The summed E-state index contributed by atoms with van der Waals surface area (Å²) in [6, 6.07) is 14.7. The maximum absolute atomic E-state index is 14.2. The standard InChI is InChI=1S/C19H19FN2O2S/c1-24-13-12-22-18-15(20)8-5-9-16(18)25-19(22)21-17(23)11-10-14-6-3-2-4-7-14/h2-9H,10-13H2,1H3. The van der Waals surface area contributed by atoms with E-state index in [4.69, 9.17) is 4.74 Å². The van der Waals surface area contributed by atoms with E-state index in [2.05, 4.69) is 4.99 Å². The minimum absolute atomic E-state index is 0.206. The number of nitrogens with zero attached hydrogens (tertiary/aromatic N) is 2. The van der Waals surface area contributed by atoms with Crippen molar-refractivity contribution in [2.45, 2.75) is 19.4 Å². The van der Waals surface area contributed by atoms with Crippen molar-refractivity contribution in [3.63, 3.8) is 0 Å². The molecule has 1 heterocycles. The van der Waals surface area contributed by atoms with Crippen LogP contribution in [0.25, 0.3) is 10.2 Å². The zero-order chi connectivity index (χ0) is 17.6. The first-order chi connectivity index (χ1) is 12.2. The first-order valence-corrected chi connectivity index (χ1v) is 8.89. The van der Waals surface area contributed by atoms with E-state index in [1.807, 2.05) is 36.4 Å². The van der Waals surface area contributed by atoms with E-state index >= 15 is 0 Å². The first-order valence-electron chi connectivity index (χ1n) is 8.07. The lowest BCUT2D eigenvalue weighted by atomic mass is 10.1. The third-order valence-corrected chi connectivity index (χ3v) is 4.91. The zero-order valence-electron chi connectivity index (χ0n) is 13.9. The summed E-state index contributed by atoms with van der Waals surface area (Å²) in [4.78, 5) is 17.0. The van der Waals surface area contributed by atoms with Gasteiger partial charge in [-0.25, -0.2) is 4.39 Å². The fraction of sp³-hybridized carbons (Fsp3) is 0.263. The average Bonchev–Trinajstić information content (AvgIpc) is 2.97. The van der Waals surface area contributed by atoms with Crippen molar-refractivity contribution in [3.8, 4) is 0 Å². The van der Waals surface area contributed by atoms with Gasteiger partial charge < -0.3 is 9.30 Å². The minimum atomic E-state index is -0.317. The number of hydrogen-bond acceptors (Lipinski definition) is 3. The van der Waals surface area contributed by atoms with E-state index in [0.29, 0.717) is 36.3 Å². The second kappa shape index (κ2) is 8.18. The Kier molecular flexibility index (Phi) is 5.73. The topological polar surface area (TPSA) is 43.6 Å². The number of methoxy groups -OCH3 is 1. The van der Waals surface area contributed by atoms with Gasteiger partial charge in [-0.3, -0.25) is 4.79 Å². The quantitative estimate of drug-likeness (QED) is 0.676. The maximum Gasteiger partial charge on any atom is 0.248 e. The number of thiazole rings is 1. The molecule has 0 aliphatic heterocycles. The Balaban J connectivity index is 1.89. The molecule has 6 heteroatoms. The van der Waals surface area contributed by atoms with Crippen LogP contribution in [0.2, 0.25) is 0 Å². The zero-order valence-corrected chi connectivity index (χ0v) is 14.8. The van der Waals surface area contributed by atoms with E-state index in [-0.39, 0.29) is 11.7 Å². The highest BCUT2D eigenvalue weighted by molar-refractivity contribution is 7.16. The summed E-state index contributed by atoms with van der Waals surface area (Å²) in [5.41, 5.74) is 1.57. The second-order valence-electron chi connectivity index (χ2n) is 5.61. The Bertz CT molecular complexity index is 931. The lowest BCUT2D eigenvalue weighted by Gasteiger charge is -2.04. The number of rotatable bonds is 6. The molecule has 3 rings (SSSR count). The number of ether oxygens (including phenoxy) is 1. The van der Waals surface area contributed by atoms with Crippen molar-refractivity contribution in [3.05, 3.63) is 64.7 Å². The lowest BCUT2D eigenvalue weighted by molar-refractivity contribution is -0.118. The highest BCUT2D eigenvalue weighted by atomic mass is 32.1. The minimum Gasteiger partial charge on any atom is -0.383 e. The van der Waals surface area contributed by atoms with E-state index in [9.17, 15) is 9.18 Å². The number of para-hydroxylation sites is 1.